The van der Waals surface area contributed by atoms with Gasteiger partial charge in [-0.3, -0.25) is 0 Å². The summed E-state index contributed by atoms with van der Waals surface area (Å²) < 4.78 is 6.52. The minimum absolute atomic E-state index is 0.0532. The van der Waals surface area contributed by atoms with Crippen molar-refractivity contribution in [2.24, 2.45) is 5.73 Å². The average molecular weight is 261 g/mol. The number of nitrogens with zero attached hydrogens (tertiary/aromatic N) is 1. The van der Waals surface area contributed by atoms with Gasteiger partial charge in [-0.25, -0.2) is 0 Å². The highest BCUT2D eigenvalue weighted by molar-refractivity contribution is 7.16. The fourth-order valence-corrected chi connectivity index (χ4v) is 3.05. The van der Waals surface area contributed by atoms with Crippen LogP contribution in [0.1, 0.15) is 4.88 Å². The van der Waals surface area contributed by atoms with E-state index in [1.807, 2.05) is 12.1 Å². The third-order valence-corrected chi connectivity index (χ3v) is 4.09. The SMILES string of the molecule is CN1CCOC(C(N)Cc2ccc(Cl)s2)C1. The van der Waals surface area contributed by atoms with Gasteiger partial charge in [-0.15, -0.1) is 11.3 Å². The Morgan fingerprint density at radius 2 is 2.50 bits per heavy atom. The van der Waals surface area contributed by atoms with Crippen molar-refractivity contribution in [1.82, 2.24) is 4.90 Å². The molecule has 2 heterocycles. The standard InChI is InChI=1S/C11H17ClN2OS/c1-14-4-5-15-10(7-14)9(13)6-8-2-3-11(12)16-8/h2-3,9-10H,4-7,13H2,1H3. The van der Waals surface area contributed by atoms with Crippen LogP contribution in [0.15, 0.2) is 12.1 Å². The number of thiophene rings is 1. The monoisotopic (exact) mass is 260 g/mol. The van der Waals surface area contributed by atoms with Crippen LogP contribution in [-0.4, -0.2) is 43.8 Å². The first-order valence-electron chi connectivity index (χ1n) is 5.45. The van der Waals surface area contributed by atoms with Gasteiger partial charge in [-0.1, -0.05) is 11.6 Å². The number of hydrogen-bond acceptors (Lipinski definition) is 4. The van der Waals surface area contributed by atoms with Crippen LogP contribution in [0, 0.1) is 0 Å². The lowest BCUT2D eigenvalue weighted by Gasteiger charge is -2.33. The van der Waals surface area contributed by atoms with Gasteiger partial charge < -0.3 is 15.4 Å². The van der Waals surface area contributed by atoms with Crippen LogP contribution >= 0.6 is 22.9 Å². The predicted octanol–water partition coefficient (Wildman–Crippen LogP) is 1.60. The summed E-state index contributed by atoms with van der Waals surface area (Å²) >= 11 is 7.49. The molecule has 0 spiro atoms. The second kappa shape index (κ2) is 5.47. The maximum absolute atomic E-state index is 6.16. The van der Waals surface area contributed by atoms with Gasteiger partial charge in [0, 0.05) is 24.0 Å². The number of likely N-dealkylation sites (N-methyl/N-ethyl adjacent to an activating group) is 1. The number of hydrogen-bond donors (Lipinski definition) is 1. The Kier molecular flexibility index (Phi) is 4.21. The van der Waals surface area contributed by atoms with Gasteiger partial charge in [-0.05, 0) is 25.6 Å². The molecule has 1 aromatic heterocycles. The zero-order valence-electron chi connectivity index (χ0n) is 9.36. The first-order chi connectivity index (χ1) is 7.65. The molecule has 90 valence electrons. The van der Waals surface area contributed by atoms with Crippen LogP contribution < -0.4 is 5.73 Å². The third-order valence-electron chi connectivity index (χ3n) is 2.84. The molecule has 0 bridgehead atoms. The first-order valence-corrected chi connectivity index (χ1v) is 6.64. The lowest BCUT2D eigenvalue weighted by atomic mass is 10.1. The van der Waals surface area contributed by atoms with E-state index in [0.29, 0.717) is 0 Å². The molecular weight excluding hydrogens is 244 g/mol. The van der Waals surface area contributed by atoms with Gasteiger partial charge in [0.1, 0.15) is 0 Å². The second-order valence-corrected chi connectivity index (χ2v) is 6.04. The summed E-state index contributed by atoms with van der Waals surface area (Å²) in [6, 6.07) is 4.01. The summed E-state index contributed by atoms with van der Waals surface area (Å²) in [6.07, 6.45) is 0.982. The van der Waals surface area contributed by atoms with Crippen LogP contribution in [0.5, 0.6) is 0 Å². The minimum Gasteiger partial charge on any atom is -0.374 e. The second-order valence-electron chi connectivity index (χ2n) is 4.25. The van der Waals surface area contributed by atoms with Gasteiger partial charge in [0.15, 0.2) is 0 Å². The van der Waals surface area contributed by atoms with E-state index in [0.717, 1.165) is 30.5 Å². The maximum Gasteiger partial charge on any atom is 0.0931 e. The number of morpholine rings is 1. The van der Waals surface area contributed by atoms with Gasteiger partial charge in [-0.2, -0.15) is 0 Å². The number of rotatable bonds is 3. The molecule has 0 radical (unpaired) electrons. The van der Waals surface area contributed by atoms with Crippen LogP contribution in [0.25, 0.3) is 0 Å². The smallest absolute Gasteiger partial charge is 0.0931 e. The quantitative estimate of drug-likeness (QED) is 0.897. The Labute approximate surface area is 105 Å². The van der Waals surface area contributed by atoms with Crippen molar-refractivity contribution in [3.8, 4) is 0 Å². The summed E-state index contributed by atoms with van der Waals surface area (Å²) in [5, 5.41) is 0. The van der Waals surface area contributed by atoms with E-state index >= 15 is 0 Å². The van der Waals surface area contributed by atoms with E-state index in [4.69, 9.17) is 22.1 Å². The molecular formula is C11H17ClN2OS. The molecule has 0 saturated carbocycles. The molecule has 5 heteroatoms. The molecule has 2 unspecified atom stereocenters. The predicted molar refractivity (Wildman–Crippen MR) is 68.2 cm³/mol. The molecule has 1 aliphatic rings. The Balaban J connectivity index is 1.89. The van der Waals surface area contributed by atoms with E-state index in [1.54, 1.807) is 11.3 Å². The van der Waals surface area contributed by atoms with E-state index in [9.17, 15) is 0 Å². The van der Waals surface area contributed by atoms with Crippen molar-refractivity contribution in [1.29, 1.82) is 0 Å². The Morgan fingerprint density at radius 1 is 1.69 bits per heavy atom. The summed E-state index contributed by atoms with van der Waals surface area (Å²) in [4.78, 5) is 3.49. The Morgan fingerprint density at radius 3 is 3.12 bits per heavy atom. The first kappa shape index (κ1) is 12.3. The molecule has 0 aliphatic carbocycles. The van der Waals surface area contributed by atoms with Crippen molar-refractivity contribution in [3.63, 3.8) is 0 Å². The fraction of sp³-hybridized carbons (Fsp3) is 0.636. The number of nitrogens with two attached hydrogens (primary N) is 1. The van der Waals surface area contributed by atoms with E-state index < -0.39 is 0 Å². The van der Waals surface area contributed by atoms with E-state index in [1.165, 1.54) is 4.88 Å². The van der Waals surface area contributed by atoms with Crippen molar-refractivity contribution in [3.05, 3.63) is 21.3 Å². The Bertz CT molecular complexity index is 344. The molecule has 1 saturated heterocycles. The van der Waals surface area contributed by atoms with Crippen molar-refractivity contribution in [2.45, 2.75) is 18.6 Å². The molecule has 0 amide bonds. The van der Waals surface area contributed by atoms with Crippen LogP contribution in [0.2, 0.25) is 4.34 Å². The molecule has 16 heavy (non-hydrogen) atoms. The van der Waals surface area contributed by atoms with Crippen molar-refractivity contribution in [2.75, 3.05) is 26.7 Å². The summed E-state index contributed by atoms with van der Waals surface area (Å²) in [5.74, 6) is 0. The van der Waals surface area contributed by atoms with Crippen LogP contribution in [0.4, 0.5) is 0 Å². The lowest BCUT2D eigenvalue weighted by molar-refractivity contribution is -0.0318. The average Bonchev–Trinajstić information content (AvgIpc) is 2.64. The number of halogens is 1. The van der Waals surface area contributed by atoms with Crippen LogP contribution in [-0.2, 0) is 11.2 Å². The highest BCUT2D eigenvalue weighted by atomic mass is 35.5. The highest BCUT2D eigenvalue weighted by Gasteiger charge is 2.24. The molecule has 0 aromatic carbocycles. The maximum atomic E-state index is 6.16. The topological polar surface area (TPSA) is 38.5 Å². The number of ether oxygens (including phenoxy) is 1. The molecule has 2 N–H and O–H groups in total. The van der Waals surface area contributed by atoms with Crippen LogP contribution in [0.3, 0.4) is 0 Å². The Hall–Kier alpha value is -0.130. The zero-order chi connectivity index (χ0) is 11.5. The largest absolute Gasteiger partial charge is 0.374 e. The van der Waals surface area contributed by atoms with Crippen molar-refractivity contribution >= 4 is 22.9 Å². The summed E-state index contributed by atoms with van der Waals surface area (Å²) in [7, 11) is 2.10. The molecule has 1 aliphatic heterocycles. The van der Waals surface area contributed by atoms with Gasteiger partial charge in [0.25, 0.3) is 0 Å². The minimum atomic E-state index is 0.0532. The molecule has 2 atom stereocenters. The fourth-order valence-electron chi connectivity index (χ4n) is 1.90. The molecule has 3 nitrogen and oxygen atoms in total. The third kappa shape index (κ3) is 3.18. The van der Waals surface area contributed by atoms with Gasteiger partial charge in [0.2, 0.25) is 0 Å². The molecule has 1 aromatic rings. The normalized spacial score (nSPS) is 24.6. The lowest BCUT2D eigenvalue weighted by Crippen LogP contribution is -2.50. The summed E-state index contributed by atoms with van der Waals surface area (Å²) in [6.45, 7) is 2.69. The van der Waals surface area contributed by atoms with Gasteiger partial charge >= 0.3 is 0 Å². The van der Waals surface area contributed by atoms with E-state index in [-0.39, 0.29) is 12.1 Å². The summed E-state index contributed by atoms with van der Waals surface area (Å²) in [5.41, 5.74) is 6.16. The van der Waals surface area contributed by atoms with Crippen molar-refractivity contribution < 1.29 is 4.74 Å². The van der Waals surface area contributed by atoms with E-state index in [2.05, 4.69) is 11.9 Å². The molecule has 2 rings (SSSR count). The van der Waals surface area contributed by atoms with Gasteiger partial charge in [0.05, 0.1) is 17.0 Å². The molecule has 1 fully saturated rings. The zero-order valence-corrected chi connectivity index (χ0v) is 10.9. The highest BCUT2D eigenvalue weighted by Crippen LogP contribution is 2.23.